The first-order valence-corrected chi connectivity index (χ1v) is 22.1. The molecule has 0 aliphatic rings. The average molecular weight is 811 g/mol. The molecule has 0 saturated carbocycles. The minimum atomic E-state index is -4.80. The number of carbonyl (C=O) groups excluding carboxylic acids is 2. The molecule has 10 heteroatoms. The van der Waals surface area contributed by atoms with Gasteiger partial charge < -0.3 is 24.4 Å². The van der Waals surface area contributed by atoms with Crippen molar-refractivity contribution in [3.63, 3.8) is 0 Å². The average Bonchev–Trinajstić information content (AvgIpc) is 3.18. The van der Waals surface area contributed by atoms with Gasteiger partial charge in [0.1, 0.15) is 6.61 Å². The summed E-state index contributed by atoms with van der Waals surface area (Å²) in [6.07, 6.45) is 56.5. The van der Waals surface area contributed by atoms with Crippen molar-refractivity contribution in [3.8, 4) is 0 Å². The zero-order valence-corrected chi connectivity index (χ0v) is 35.4. The van der Waals surface area contributed by atoms with Gasteiger partial charge in [0.05, 0.1) is 12.7 Å². The molecule has 0 aliphatic heterocycles. The largest absolute Gasteiger partial charge is 0.469 e. The second-order valence-electron chi connectivity index (χ2n) is 13.0. The van der Waals surface area contributed by atoms with E-state index in [0.29, 0.717) is 19.3 Å². The van der Waals surface area contributed by atoms with E-state index in [1.165, 1.54) is 0 Å². The Morgan fingerprint density at radius 3 is 1.58 bits per heavy atom. The van der Waals surface area contributed by atoms with Crippen LogP contribution >= 0.6 is 7.82 Å². The lowest BCUT2D eigenvalue weighted by molar-refractivity contribution is -0.161. The zero-order valence-electron chi connectivity index (χ0n) is 34.5. The highest BCUT2D eigenvalue weighted by molar-refractivity contribution is 7.46. The topological polar surface area (TPSA) is 140 Å². The van der Waals surface area contributed by atoms with Crippen LogP contribution in [-0.2, 0) is 28.2 Å². The number of esters is 2. The Balaban J connectivity index is 4.20. The number of hydrogen-bond donors (Lipinski definition) is 3. The minimum Gasteiger partial charge on any atom is -0.462 e. The number of phosphoric ester groups is 1. The van der Waals surface area contributed by atoms with Crippen LogP contribution in [0.25, 0.3) is 0 Å². The molecule has 1 unspecified atom stereocenters. The third-order valence-corrected chi connectivity index (χ3v) is 8.24. The molecule has 0 aromatic heterocycles. The van der Waals surface area contributed by atoms with Gasteiger partial charge in [0.25, 0.3) is 0 Å². The van der Waals surface area contributed by atoms with Crippen molar-refractivity contribution < 1.29 is 43.0 Å². The summed E-state index contributed by atoms with van der Waals surface area (Å²) in [6.45, 7) is 3.25. The van der Waals surface area contributed by atoms with Gasteiger partial charge >= 0.3 is 19.8 Å². The lowest BCUT2D eigenvalue weighted by Gasteiger charge is -2.18. The Morgan fingerprint density at radius 1 is 0.544 bits per heavy atom. The van der Waals surface area contributed by atoms with E-state index < -0.39 is 38.6 Å². The van der Waals surface area contributed by atoms with Crippen LogP contribution in [0.3, 0.4) is 0 Å². The number of phosphoric acid groups is 1. The molecule has 0 amide bonds. The van der Waals surface area contributed by atoms with Crippen LogP contribution in [-0.4, -0.2) is 52.3 Å². The Labute approximate surface area is 344 Å². The van der Waals surface area contributed by atoms with Crippen molar-refractivity contribution in [2.45, 2.75) is 135 Å². The van der Waals surface area contributed by atoms with Crippen LogP contribution in [0, 0.1) is 0 Å². The maximum atomic E-state index is 12.4. The smallest absolute Gasteiger partial charge is 0.462 e. The van der Waals surface area contributed by atoms with Crippen molar-refractivity contribution in [3.05, 3.63) is 134 Å². The summed E-state index contributed by atoms with van der Waals surface area (Å²) in [4.78, 5) is 42.8. The Hall–Kier alpha value is -3.85. The van der Waals surface area contributed by atoms with E-state index in [0.717, 1.165) is 77.0 Å². The van der Waals surface area contributed by atoms with E-state index in [1.807, 2.05) is 48.6 Å². The van der Waals surface area contributed by atoms with Gasteiger partial charge in [-0.3, -0.25) is 14.1 Å². The fraction of sp³-hybridized carbons (Fsp3) is 0.489. The van der Waals surface area contributed by atoms with Crippen molar-refractivity contribution in [2.24, 2.45) is 0 Å². The third-order valence-electron chi connectivity index (χ3n) is 7.76. The second kappa shape index (κ2) is 40.4. The summed E-state index contributed by atoms with van der Waals surface area (Å²) >= 11 is 0. The van der Waals surface area contributed by atoms with Gasteiger partial charge in [-0.05, 0) is 89.9 Å². The second-order valence-corrected chi connectivity index (χ2v) is 14.3. The fourth-order valence-corrected chi connectivity index (χ4v) is 5.10. The number of rotatable bonds is 35. The predicted octanol–water partition coefficient (Wildman–Crippen LogP) is 11.7. The van der Waals surface area contributed by atoms with E-state index in [9.17, 15) is 19.3 Å². The lowest BCUT2D eigenvalue weighted by atomic mass is 10.1. The first-order chi connectivity index (χ1) is 27.7. The molecule has 0 bridgehead atoms. The number of hydrogen-bond acceptors (Lipinski definition) is 7. The van der Waals surface area contributed by atoms with Crippen molar-refractivity contribution >= 4 is 19.8 Å². The number of aliphatic hydroxyl groups is 1. The molecule has 57 heavy (non-hydrogen) atoms. The van der Waals surface area contributed by atoms with E-state index in [4.69, 9.17) is 19.3 Å². The highest BCUT2D eigenvalue weighted by atomic mass is 31.2. The molecular weight excluding hydrogens is 739 g/mol. The number of allylic oxidation sites excluding steroid dienone is 20. The van der Waals surface area contributed by atoms with Gasteiger partial charge in [-0.15, -0.1) is 0 Å². The first-order valence-electron chi connectivity index (χ1n) is 20.6. The summed E-state index contributed by atoms with van der Waals surface area (Å²) < 4.78 is 26.3. The normalized spacial score (nSPS) is 14.4. The molecule has 2 atom stereocenters. The molecule has 318 valence electrons. The summed E-state index contributed by atoms with van der Waals surface area (Å²) in [5.74, 6) is -1.06. The van der Waals surface area contributed by atoms with Crippen LogP contribution in [0.1, 0.15) is 123 Å². The van der Waals surface area contributed by atoms with Crippen LogP contribution < -0.4 is 0 Å². The number of carbonyl (C=O) groups is 2. The highest BCUT2D eigenvalue weighted by Gasteiger charge is 2.22. The standard InChI is InChI=1S/C47H71O9P/c1-3-5-7-8-9-10-11-12-13-14-15-16-17-20-24-27-30-33-37-41-47(50)56-45(43-55-57(51,52)53)42-54-46(49)40-36-32-29-26-23-21-18-19-22-25-28-31-35-39-44(48)38-34-6-4-2/h5-7,9-10,12-13,15-16,19-24,28-29,31-32,34-35,39,44-45,48H,3-4,8,11,14,17-18,25-27,30,33,36-38,40-43H2,1-2H3,(H2,51,52,53)/b7-5-,10-9-,13-12-,16-15-,22-19-,23-21-,24-20-,31-28+,32-29-,34-6-,39-35+/t44?,45-/m1/s1. The Morgan fingerprint density at radius 2 is 1.04 bits per heavy atom. The highest BCUT2D eigenvalue weighted by Crippen LogP contribution is 2.36. The van der Waals surface area contributed by atoms with Gasteiger partial charge in [0.2, 0.25) is 0 Å². The van der Waals surface area contributed by atoms with Crippen molar-refractivity contribution in [1.29, 1.82) is 0 Å². The summed E-state index contributed by atoms with van der Waals surface area (Å²) in [7, 11) is -4.80. The summed E-state index contributed by atoms with van der Waals surface area (Å²) in [5, 5.41) is 9.81. The molecule has 0 saturated heterocycles. The van der Waals surface area contributed by atoms with Crippen LogP contribution in [0.5, 0.6) is 0 Å². The quantitative estimate of drug-likeness (QED) is 0.0188. The van der Waals surface area contributed by atoms with E-state index >= 15 is 0 Å². The maximum Gasteiger partial charge on any atom is 0.469 e. The lowest BCUT2D eigenvalue weighted by Crippen LogP contribution is -2.29. The molecule has 0 fully saturated rings. The van der Waals surface area contributed by atoms with E-state index in [-0.39, 0.29) is 19.4 Å². The molecule has 0 aromatic rings. The van der Waals surface area contributed by atoms with Gasteiger partial charge in [-0.1, -0.05) is 154 Å². The summed E-state index contributed by atoms with van der Waals surface area (Å²) in [6, 6.07) is 0. The van der Waals surface area contributed by atoms with Crippen LogP contribution in [0.15, 0.2) is 134 Å². The number of ether oxygens (including phenoxy) is 2. The van der Waals surface area contributed by atoms with Crippen LogP contribution in [0.2, 0.25) is 0 Å². The van der Waals surface area contributed by atoms with Crippen LogP contribution in [0.4, 0.5) is 0 Å². The fourth-order valence-electron chi connectivity index (χ4n) is 4.74. The third kappa shape index (κ3) is 43.1. The molecule has 9 nitrogen and oxygen atoms in total. The SMILES string of the molecule is CC/C=C\C/C=C\C/C=C\C/C=C\C/C=C\CCCCCC(=O)O[C@H](COC(=O)CC/C=C\C/C=C\C/C=C\C/C=C/C=C/C(O)C/C=C\CC)COP(=O)(O)O. The van der Waals surface area contributed by atoms with Crippen molar-refractivity contribution in [1.82, 2.24) is 0 Å². The van der Waals surface area contributed by atoms with Gasteiger partial charge in [-0.25, -0.2) is 4.57 Å². The molecule has 0 rings (SSSR count). The van der Waals surface area contributed by atoms with Gasteiger partial charge in [0.15, 0.2) is 6.10 Å². The molecule has 0 radical (unpaired) electrons. The molecule has 0 aromatic carbocycles. The molecule has 0 aliphatic carbocycles. The number of unbranched alkanes of at least 4 members (excludes halogenated alkanes) is 3. The predicted molar refractivity (Wildman–Crippen MR) is 235 cm³/mol. The molecular formula is C47H71O9P. The van der Waals surface area contributed by atoms with Gasteiger partial charge in [-0.2, -0.15) is 0 Å². The maximum absolute atomic E-state index is 12.4. The summed E-state index contributed by atoms with van der Waals surface area (Å²) in [5.41, 5.74) is 0. The van der Waals surface area contributed by atoms with Crippen molar-refractivity contribution in [2.75, 3.05) is 13.2 Å². The van der Waals surface area contributed by atoms with E-state index in [2.05, 4.69) is 97.4 Å². The monoisotopic (exact) mass is 810 g/mol. The number of aliphatic hydroxyl groups excluding tert-OH is 1. The Bertz CT molecular complexity index is 1390. The Kier molecular flexibility index (Phi) is 37.6. The molecule has 0 spiro atoms. The first kappa shape index (κ1) is 53.1. The van der Waals surface area contributed by atoms with E-state index in [1.54, 1.807) is 6.08 Å². The molecule has 0 heterocycles. The zero-order chi connectivity index (χ0) is 41.9. The minimum absolute atomic E-state index is 0.110. The van der Waals surface area contributed by atoms with Gasteiger partial charge in [0, 0.05) is 12.8 Å². The molecule has 3 N–H and O–H groups in total.